The number of likely N-dealkylation sites (N-methyl/N-ethyl adjacent to an activating group) is 1. The quantitative estimate of drug-likeness (QED) is 0.143. The zero-order chi connectivity index (χ0) is 29.4. The molecule has 2 aromatic carbocycles. The van der Waals surface area contributed by atoms with E-state index in [4.69, 9.17) is 21.1 Å². The number of hydrogen-bond donors (Lipinski definition) is 1. The normalized spacial score (nSPS) is 12.0. The highest BCUT2D eigenvalue weighted by molar-refractivity contribution is 6.32. The Balaban J connectivity index is 1.68. The lowest BCUT2D eigenvalue weighted by Crippen LogP contribution is -2.34. The molecule has 0 unspecified atom stereocenters. The first-order chi connectivity index (χ1) is 19.7. The molecule has 1 N–H and O–H groups in total. The second kappa shape index (κ2) is 13.1. The molecule has 0 saturated carbocycles. The fourth-order valence-electron chi connectivity index (χ4n) is 3.89. The van der Waals surface area contributed by atoms with Gasteiger partial charge in [0, 0.05) is 29.5 Å². The molecular formula is C31H31ClN6O3. The van der Waals surface area contributed by atoms with Crippen LogP contribution in [0.2, 0.25) is 5.02 Å². The largest absolute Gasteiger partial charge is 0.859 e. The second-order valence-electron chi connectivity index (χ2n) is 10.1. The number of quaternary nitrogens is 1. The topological polar surface area (TPSA) is 115 Å². The van der Waals surface area contributed by atoms with Gasteiger partial charge in [0.2, 0.25) is 0 Å². The van der Waals surface area contributed by atoms with Crippen LogP contribution in [0.1, 0.15) is 18.2 Å². The van der Waals surface area contributed by atoms with E-state index in [1.54, 1.807) is 42.6 Å². The smallest absolute Gasteiger partial charge is 0.147 e. The molecule has 0 bridgehead atoms. The molecule has 4 rings (SSSR count). The monoisotopic (exact) mass is 570 g/mol. The molecular weight excluding hydrogens is 540 g/mol. The summed E-state index contributed by atoms with van der Waals surface area (Å²) < 4.78 is 12.3. The first-order valence-corrected chi connectivity index (χ1v) is 13.4. The summed E-state index contributed by atoms with van der Waals surface area (Å²) >= 11 is 6.52. The summed E-state index contributed by atoms with van der Waals surface area (Å²) in [6, 6.07) is 16.5. The van der Waals surface area contributed by atoms with E-state index in [-0.39, 0.29) is 6.61 Å². The van der Waals surface area contributed by atoms with Gasteiger partial charge in [0.15, 0.2) is 0 Å². The SMILES string of the molecule is CCOc1cc2ncc(C#N)c(Nc3ccc(OCc4ccccn4)c(Cl)c3)c2cc1N=C([O-])/C=C/C[N+](C)(C)C. The zero-order valence-electron chi connectivity index (χ0n) is 23.4. The number of halogens is 1. The van der Waals surface area contributed by atoms with Crippen LogP contribution in [0.3, 0.4) is 0 Å². The first kappa shape index (κ1) is 29.3. The molecule has 0 aliphatic rings. The number of nitrogens with zero attached hydrogens (tertiary/aromatic N) is 5. The Morgan fingerprint density at radius 2 is 1.95 bits per heavy atom. The molecule has 41 heavy (non-hydrogen) atoms. The van der Waals surface area contributed by atoms with Gasteiger partial charge in [-0.05, 0) is 61.4 Å². The Morgan fingerprint density at radius 1 is 1.12 bits per heavy atom. The van der Waals surface area contributed by atoms with Gasteiger partial charge in [-0.1, -0.05) is 17.7 Å². The van der Waals surface area contributed by atoms with Gasteiger partial charge in [0.1, 0.15) is 29.9 Å². The minimum atomic E-state index is -0.411. The summed E-state index contributed by atoms with van der Waals surface area (Å²) in [6.45, 7) is 3.19. The molecule has 0 atom stereocenters. The first-order valence-electron chi connectivity index (χ1n) is 13.0. The second-order valence-corrected chi connectivity index (χ2v) is 10.5. The van der Waals surface area contributed by atoms with Crippen molar-refractivity contribution in [3.05, 3.63) is 89.4 Å². The Morgan fingerprint density at radius 3 is 2.63 bits per heavy atom. The maximum Gasteiger partial charge on any atom is 0.147 e. The van der Waals surface area contributed by atoms with Crippen LogP contribution in [-0.4, -0.2) is 54.6 Å². The van der Waals surface area contributed by atoms with Gasteiger partial charge in [0.05, 0.1) is 61.8 Å². The molecule has 210 valence electrons. The molecule has 0 spiro atoms. The maximum absolute atomic E-state index is 12.7. The Labute approximate surface area is 244 Å². The number of ether oxygens (including phenoxy) is 2. The molecule has 0 aliphatic carbocycles. The number of rotatable bonds is 11. The fraction of sp³-hybridized carbons (Fsp3) is 0.226. The molecule has 0 radical (unpaired) electrons. The summed E-state index contributed by atoms with van der Waals surface area (Å²) in [6.07, 6.45) is 6.44. The molecule has 9 nitrogen and oxygen atoms in total. The standard InChI is InChI=1S/C31H31ClN6O3/c1-5-40-29-17-26-24(16-27(29)37-30(39)10-8-14-38(2,3)4)31(21(18-33)19-35-26)36-22-11-12-28(25(32)15-22)41-20-23-9-6-7-13-34-23/h6-13,15-17,19H,5,14,20H2,1-4H3,(H-,35,36,37,39)/b10-8+. The number of hydrogen-bond acceptors (Lipinski definition) is 8. The van der Waals surface area contributed by atoms with E-state index in [1.807, 2.05) is 46.3 Å². The number of nitriles is 1. The summed E-state index contributed by atoms with van der Waals surface area (Å²) in [5.41, 5.74) is 3.15. The average molecular weight is 571 g/mol. The van der Waals surface area contributed by atoms with Crippen molar-refractivity contribution in [2.45, 2.75) is 13.5 Å². The Kier molecular flexibility index (Phi) is 9.40. The van der Waals surface area contributed by atoms with Crippen molar-refractivity contribution in [2.75, 3.05) is 39.6 Å². The van der Waals surface area contributed by atoms with Crippen LogP contribution in [0.15, 0.2) is 78.1 Å². The Bertz CT molecular complexity index is 1630. The van der Waals surface area contributed by atoms with Gasteiger partial charge >= 0.3 is 0 Å². The number of fused-ring (bicyclic) bond motifs is 1. The average Bonchev–Trinajstić information content (AvgIpc) is 2.93. The number of anilines is 2. The highest BCUT2D eigenvalue weighted by Crippen LogP contribution is 2.38. The van der Waals surface area contributed by atoms with Crippen molar-refractivity contribution >= 4 is 45.5 Å². The predicted molar refractivity (Wildman–Crippen MR) is 160 cm³/mol. The molecule has 0 aliphatic heterocycles. The van der Waals surface area contributed by atoms with Crippen LogP contribution in [0, 0.1) is 11.3 Å². The fourth-order valence-corrected chi connectivity index (χ4v) is 4.12. The van der Waals surface area contributed by atoms with Crippen LogP contribution in [-0.2, 0) is 6.61 Å². The van der Waals surface area contributed by atoms with E-state index in [1.165, 1.54) is 12.3 Å². The van der Waals surface area contributed by atoms with Gasteiger partial charge in [-0.15, -0.1) is 0 Å². The van der Waals surface area contributed by atoms with Crippen LogP contribution < -0.4 is 19.9 Å². The van der Waals surface area contributed by atoms with Crippen molar-refractivity contribution in [1.82, 2.24) is 9.97 Å². The molecule has 0 amide bonds. The van der Waals surface area contributed by atoms with E-state index in [9.17, 15) is 10.4 Å². The van der Waals surface area contributed by atoms with Crippen LogP contribution in [0.5, 0.6) is 11.5 Å². The molecule has 0 saturated heterocycles. The van der Waals surface area contributed by atoms with Crippen LogP contribution in [0.4, 0.5) is 17.1 Å². The molecule has 0 fully saturated rings. The Hall–Kier alpha value is -4.65. The molecule has 10 heteroatoms. The minimum Gasteiger partial charge on any atom is -0.859 e. The van der Waals surface area contributed by atoms with Crippen molar-refractivity contribution in [1.29, 1.82) is 5.26 Å². The van der Waals surface area contributed by atoms with Crippen molar-refractivity contribution in [3.63, 3.8) is 0 Å². The summed E-state index contributed by atoms with van der Waals surface area (Å²) in [5.74, 6) is 0.516. The van der Waals surface area contributed by atoms with Gasteiger partial charge in [-0.3, -0.25) is 15.0 Å². The van der Waals surface area contributed by atoms with Gasteiger partial charge in [-0.2, -0.15) is 5.26 Å². The number of pyridine rings is 2. The summed E-state index contributed by atoms with van der Waals surface area (Å²) in [5, 5.41) is 26.8. The van der Waals surface area contributed by atoms with Crippen molar-refractivity contribution < 1.29 is 19.1 Å². The van der Waals surface area contributed by atoms with E-state index < -0.39 is 5.90 Å². The maximum atomic E-state index is 12.7. The van der Waals surface area contributed by atoms with E-state index in [0.717, 1.165) is 5.69 Å². The van der Waals surface area contributed by atoms with Crippen LogP contribution >= 0.6 is 11.6 Å². The predicted octanol–water partition coefficient (Wildman–Crippen LogP) is 5.53. The zero-order valence-corrected chi connectivity index (χ0v) is 24.1. The number of aromatic nitrogens is 2. The highest BCUT2D eigenvalue weighted by Gasteiger charge is 2.15. The number of aliphatic imine (C=N–C) groups is 1. The lowest BCUT2D eigenvalue weighted by atomic mass is 10.1. The van der Waals surface area contributed by atoms with Gasteiger partial charge < -0.3 is 24.4 Å². The highest BCUT2D eigenvalue weighted by atomic mass is 35.5. The number of nitrogens with one attached hydrogen (secondary N) is 1. The summed E-state index contributed by atoms with van der Waals surface area (Å²) in [4.78, 5) is 13.0. The van der Waals surface area contributed by atoms with Gasteiger partial charge in [0.25, 0.3) is 0 Å². The third-order valence-corrected chi connectivity index (χ3v) is 6.11. The van der Waals surface area contributed by atoms with Crippen LogP contribution in [0.25, 0.3) is 10.9 Å². The lowest BCUT2D eigenvalue weighted by Gasteiger charge is -2.21. The van der Waals surface area contributed by atoms with E-state index in [2.05, 4.69) is 26.3 Å². The van der Waals surface area contributed by atoms with Crippen molar-refractivity contribution in [3.8, 4) is 17.6 Å². The number of benzene rings is 2. The van der Waals surface area contributed by atoms with E-state index >= 15 is 0 Å². The third-order valence-electron chi connectivity index (χ3n) is 5.82. The molecule has 2 heterocycles. The molecule has 4 aromatic rings. The summed E-state index contributed by atoms with van der Waals surface area (Å²) in [7, 11) is 6.10. The third kappa shape index (κ3) is 7.94. The lowest BCUT2D eigenvalue weighted by molar-refractivity contribution is -0.864. The van der Waals surface area contributed by atoms with Crippen molar-refractivity contribution in [2.24, 2.45) is 4.99 Å². The minimum absolute atomic E-state index is 0.276. The van der Waals surface area contributed by atoms with Gasteiger partial charge in [-0.25, -0.2) is 0 Å². The molecule has 2 aromatic heterocycles. The van der Waals surface area contributed by atoms with E-state index in [0.29, 0.717) is 67.7 Å².